The SMILES string of the molecule is O=C(Nc1cncc(-c2ccc3[nH]nc(-c4cc5c(-c6ccccn6)ccnc5[nH]4)c3n2)c1)C1CCCCC1. The molecule has 0 aliphatic heterocycles. The molecule has 1 saturated carbocycles. The van der Waals surface area contributed by atoms with Gasteiger partial charge >= 0.3 is 0 Å². The highest BCUT2D eigenvalue weighted by Gasteiger charge is 2.21. The van der Waals surface area contributed by atoms with E-state index >= 15 is 0 Å². The van der Waals surface area contributed by atoms with Crippen LogP contribution in [0.3, 0.4) is 0 Å². The molecule has 1 aliphatic carbocycles. The first-order valence-corrected chi connectivity index (χ1v) is 13.2. The van der Waals surface area contributed by atoms with Crippen LogP contribution in [0.2, 0.25) is 0 Å². The molecular weight excluding hydrogens is 488 g/mol. The number of aromatic amines is 2. The van der Waals surface area contributed by atoms with Crippen LogP contribution >= 0.6 is 0 Å². The molecule has 6 heterocycles. The number of carbonyl (C=O) groups excluding carboxylic acids is 1. The zero-order valence-corrected chi connectivity index (χ0v) is 21.2. The molecule has 0 atom stereocenters. The van der Waals surface area contributed by atoms with E-state index < -0.39 is 0 Å². The molecule has 3 N–H and O–H groups in total. The second-order valence-corrected chi connectivity index (χ2v) is 9.97. The van der Waals surface area contributed by atoms with Crippen LogP contribution in [0.4, 0.5) is 5.69 Å². The van der Waals surface area contributed by atoms with Gasteiger partial charge in [0.25, 0.3) is 0 Å². The van der Waals surface area contributed by atoms with E-state index in [1.54, 1.807) is 24.8 Å². The Kier molecular flexibility index (Phi) is 5.81. The number of hydrogen-bond donors (Lipinski definition) is 3. The lowest BCUT2D eigenvalue weighted by atomic mass is 9.88. The third-order valence-electron chi connectivity index (χ3n) is 7.41. The molecule has 1 aliphatic rings. The Balaban J connectivity index is 1.23. The summed E-state index contributed by atoms with van der Waals surface area (Å²) >= 11 is 0. The van der Waals surface area contributed by atoms with Gasteiger partial charge in [0.15, 0.2) is 0 Å². The van der Waals surface area contributed by atoms with Gasteiger partial charge in [-0.25, -0.2) is 9.97 Å². The Hall–Kier alpha value is -4.92. The van der Waals surface area contributed by atoms with E-state index in [9.17, 15) is 4.79 Å². The van der Waals surface area contributed by atoms with Crippen LogP contribution in [-0.4, -0.2) is 41.0 Å². The van der Waals surface area contributed by atoms with Crippen molar-refractivity contribution in [2.75, 3.05) is 5.32 Å². The lowest BCUT2D eigenvalue weighted by Gasteiger charge is -2.20. The number of carbonyl (C=O) groups is 1. The van der Waals surface area contributed by atoms with Crippen molar-refractivity contribution >= 4 is 33.7 Å². The fourth-order valence-electron chi connectivity index (χ4n) is 5.40. The second kappa shape index (κ2) is 9.75. The van der Waals surface area contributed by atoms with Gasteiger partial charge in [-0.1, -0.05) is 25.3 Å². The number of nitrogens with zero attached hydrogens (tertiary/aromatic N) is 5. The fourth-order valence-corrected chi connectivity index (χ4v) is 5.40. The standard InChI is InChI=1S/C30H26N8O/c39-30(18-6-2-1-3-7-18)34-20-14-19(16-31-17-20)23-9-10-25-27(35-23)28(38-37-25)26-15-22-21(11-13-33-29(22)36-26)24-8-4-5-12-32-24/h4-5,8-18H,1-3,6-7H2,(H,33,36)(H,34,39)(H,37,38). The predicted molar refractivity (Wildman–Crippen MR) is 151 cm³/mol. The molecule has 0 aromatic carbocycles. The molecule has 192 valence electrons. The average Bonchev–Trinajstić information content (AvgIpc) is 3.62. The van der Waals surface area contributed by atoms with Crippen molar-refractivity contribution in [1.82, 2.24) is 35.1 Å². The average molecular weight is 515 g/mol. The Bertz CT molecular complexity index is 1800. The van der Waals surface area contributed by atoms with Crippen molar-refractivity contribution in [3.8, 4) is 33.9 Å². The molecule has 0 radical (unpaired) electrons. The summed E-state index contributed by atoms with van der Waals surface area (Å²) in [5.74, 6) is 0.154. The molecule has 1 fully saturated rings. The Morgan fingerprint density at radius 1 is 0.923 bits per heavy atom. The first kappa shape index (κ1) is 23.2. The topological polar surface area (TPSA) is 125 Å². The van der Waals surface area contributed by atoms with Gasteiger partial charge in [0.1, 0.15) is 16.9 Å². The third kappa shape index (κ3) is 4.41. The minimum Gasteiger partial charge on any atom is -0.338 e. The molecule has 9 heteroatoms. The molecule has 0 unspecified atom stereocenters. The molecule has 6 aromatic rings. The highest BCUT2D eigenvalue weighted by atomic mass is 16.1. The van der Waals surface area contributed by atoms with Crippen molar-refractivity contribution in [3.63, 3.8) is 0 Å². The summed E-state index contributed by atoms with van der Waals surface area (Å²) in [4.78, 5) is 34.5. The lowest BCUT2D eigenvalue weighted by Crippen LogP contribution is -2.24. The van der Waals surface area contributed by atoms with E-state index in [4.69, 9.17) is 4.98 Å². The fraction of sp³-hybridized carbons (Fsp3) is 0.200. The molecule has 0 saturated heterocycles. The van der Waals surface area contributed by atoms with Gasteiger partial charge in [-0.05, 0) is 55.3 Å². The quantitative estimate of drug-likeness (QED) is 0.254. The monoisotopic (exact) mass is 514 g/mol. The van der Waals surface area contributed by atoms with Crippen molar-refractivity contribution in [2.24, 2.45) is 5.92 Å². The van der Waals surface area contributed by atoms with Gasteiger partial charge in [-0.15, -0.1) is 0 Å². The number of nitrogens with one attached hydrogen (secondary N) is 3. The van der Waals surface area contributed by atoms with E-state index in [0.717, 1.165) is 76.0 Å². The molecule has 9 nitrogen and oxygen atoms in total. The van der Waals surface area contributed by atoms with E-state index in [2.05, 4.69) is 35.5 Å². The van der Waals surface area contributed by atoms with Crippen molar-refractivity contribution < 1.29 is 4.79 Å². The smallest absolute Gasteiger partial charge is 0.227 e. The van der Waals surface area contributed by atoms with E-state index in [-0.39, 0.29) is 11.8 Å². The summed E-state index contributed by atoms with van der Waals surface area (Å²) in [7, 11) is 0. The minimum atomic E-state index is 0.0756. The maximum absolute atomic E-state index is 12.8. The van der Waals surface area contributed by atoms with E-state index in [0.29, 0.717) is 11.4 Å². The van der Waals surface area contributed by atoms with Crippen LogP contribution in [0, 0.1) is 5.92 Å². The number of hydrogen-bond acceptors (Lipinski definition) is 6. The maximum atomic E-state index is 12.8. The first-order chi connectivity index (χ1) is 19.2. The summed E-state index contributed by atoms with van der Waals surface area (Å²) in [5.41, 5.74) is 7.94. The normalized spacial score (nSPS) is 14.2. The summed E-state index contributed by atoms with van der Waals surface area (Å²) in [6.45, 7) is 0. The van der Waals surface area contributed by atoms with Crippen LogP contribution in [0.1, 0.15) is 32.1 Å². The number of H-pyrrole nitrogens is 2. The van der Waals surface area contributed by atoms with Crippen molar-refractivity contribution in [3.05, 3.63) is 73.3 Å². The number of pyridine rings is 4. The van der Waals surface area contributed by atoms with Gasteiger partial charge in [0.05, 0.1) is 34.5 Å². The number of fused-ring (bicyclic) bond motifs is 2. The number of anilines is 1. The highest BCUT2D eigenvalue weighted by molar-refractivity contribution is 5.98. The van der Waals surface area contributed by atoms with Crippen LogP contribution in [0.5, 0.6) is 0 Å². The Morgan fingerprint density at radius 2 is 1.85 bits per heavy atom. The number of aromatic nitrogens is 7. The van der Waals surface area contributed by atoms with Crippen molar-refractivity contribution in [2.45, 2.75) is 32.1 Å². The van der Waals surface area contributed by atoms with Gasteiger partial charge in [-0.3, -0.25) is 19.9 Å². The lowest BCUT2D eigenvalue weighted by molar-refractivity contribution is -0.120. The molecule has 1 amide bonds. The van der Waals surface area contributed by atoms with Crippen LogP contribution < -0.4 is 5.32 Å². The van der Waals surface area contributed by atoms with Gasteiger partial charge in [-0.2, -0.15) is 5.10 Å². The Morgan fingerprint density at radius 3 is 2.72 bits per heavy atom. The zero-order chi connectivity index (χ0) is 26.2. The third-order valence-corrected chi connectivity index (χ3v) is 7.41. The minimum absolute atomic E-state index is 0.0756. The molecule has 7 rings (SSSR count). The molecule has 6 aromatic heterocycles. The second-order valence-electron chi connectivity index (χ2n) is 9.97. The molecule has 39 heavy (non-hydrogen) atoms. The number of rotatable bonds is 5. The van der Waals surface area contributed by atoms with Crippen LogP contribution in [0.15, 0.2) is 73.3 Å². The summed E-state index contributed by atoms with van der Waals surface area (Å²) in [5, 5.41) is 11.7. The summed E-state index contributed by atoms with van der Waals surface area (Å²) in [6.07, 6.45) is 12.4. The van der Waals surface area contributed by atoms with Gasteiger partial charge in [0.2, 0.25) is 5.91 Å². The highest BCUT2D eigenvalue weighted by Crippen LogP contribution is 2.33. The number of amides is 1. The molecular formula is C30H26N8O. The molecule has 0 bridgehead atoms. The van der Waals surface area contributed by atoms with Crippen LogP contribution in [-0.2, 0) is 4.79 Å². The van der Waals surface area contributed by atoms with Crippen molar-refractivity contribution in [1.29, 1.82) is 0 Å². The largest absolute Gasteiger partial charge is 0.338 e. The van der Waals surface area contributed by atoms with Gasteiger partial charge in [0, 0.05) is 41.0 Å². The summed E-state index contributed by atoms with van der Waals surface area (Å²) < 4.78 is 0. The zero-order valence-electron chi connectivity index (χ0n) is 21.2. The van der Waals surface area contributed by atoms with Gasteiger partial charge < -0.3 is 10.3 Å². The van der Waals surface area contributed by atoms with E-state index in [1.807, 2.05) is 48.5 Å². The summed E-state index contributed by atoms with van der Waals surface area (Å²) in [6, 6.07) is 15.7. The Labute approximate surface area is 224 Å². The predicted octanol–water partition coefficient (Wildman–Crippen LogP) is 6.14. The van der Waals surface area contributed by atoms with E-state index in [1.165, 1.54) is 6.42 Å². The first-order valence-electron chi connectivity index (χ1n) is 13.2. The van der Waals surface area contributed by atoms with Crippen LogP contribution in [0.25, 0.3) is 56.0 Å². The molecule has 0 spiro atoms. The maximum Gasteiger partial charge on any atom is 0.227 e.